The van der Waals surface area contributed by atoms with Gasteiger partial charge in [-0.25, -0.2) is 0 Å². The van der Waals surface area contributed by atoms with Crippen LogP contribution in [0.1, 0.15) is 35.3 Å². The number of aryl methyl sites for hydroxylation is 1. The Balaban J connectivity index is 2.07. The van der Waals surface area contributed by atoms with Crippen LogP contribution in [0.25, 0.3) is 0 Å². The van der Waals surface area contributed by atoms with Crippen LogP contribution in [0.15, 0.2) is 36.4 Å². The highest BCUT2D eigenvalue weighted by Crippen LogP contribution is 2.37. The van der Waals surface area contributed by atoms with Gasteiger partial charge in [0.1, 0.15) is 6.10 Å². The number of nitro benzene ring substituents is 1. The fourth-order valence-electron chi connectivity index (χ4n) is 2.96. The van der Waals surface area contributed by atoms with E-state index in [0.29, 0.717) is 10.6 Å². The fourth-order valence-corrected chi connectivity index (χ4v) is 3.14. The highest BCUT2D eigenvalue weighted by molar-refractivity contribution is 6.30. The monoisotopic (exact) mass is 317 g/mol. The molecule has 4 nitrogen and oxygen atoms in total. The molecule has 22 heavy (non-hydrogen) atoms. The van der Waals surface area contributed by atoms with E-state index in [9.17, 15) is 10.1 Å². The smallest absolute Gasteiger partial charge is 0.272 e. The quantitative estimate of drug-likeness (QED) is 0.600. The predicted octanol–water partition coefficient (Wildman–Crippen LogP) is 4.61. The van der Waals surface area contributed by atoms with Crippen molar-refractivity contribution in [3.63, 3.8) is 0 Å². The summed E-state index contributed by atoms with van der Waals surface area (Å²) >= 11 is 6.12. The number of hydrogen-bond donors (Lipinski definition) is 0. The van der Waals surface area contributed by atoms with Gasteiger partial charge in [0.15, 0.2) is 0 Å². The van der Waals surface area contributed by atoms with E-state index in [2.05, 4.69) is 0 Å². The molecule has 0 N–H and O–H groups in total. The Labute approximate surface area is 133 Å². The van der Waals surface area contributed by atoms with Crippen molar-refractivity contribution in [2.24, 2.45) is 0 Å². The van der Waals surface area contributed by atoms with Crippen molar-refractivity contribution in [1.29, 1.82) is 0 Å². The van der Waals surface area contributed by atoms with Gasteiger partial charge in [-0.2, -0.15) is 0 Å². The van der Waals surface area contributed by atoms with Gasteiger partial charge in [0.25, 0.3) is 5.69 Å². The Morgan fingerprint density at radius 2 is 2.05 bits per heavy atom. The SMILES string of the molecule is Cc1cc(C2O[C@H](C)Cc3ccc(Cl)cc32)ccc1[N+](=O)[O-]. The molecule has 1 heterocycles. The molecule has 0 saturated heterocycles. The van der Waals surface area contributed by atoms with Gasteiger partial charge in [0.05, 0.1) is 11.0 Å². The van der Waals surface area contributed by atoms with E-state index in [-0.39, 0.29) is 22.8 Å². The lowest BCUT2D eigenvalue weighted by Crippen LogP contribution is -2.24. The lowest BCUT2D eigenvalue weighted by molar-refractivity contribution is -0.385. The molecule has 2 aromatic carbocycles. The third kappa shape index (κ3) is 2.72. The summed E-state index contributed by atoms with van der Waals surface area (Å²) in [4.78, 5) is 10.6. The molecule has 2 aromatic rings. The van der Waals surface area contributed by atoms with Crippen LogP contribution in [-0.4, -0.2) is 11.0 Å². The van der Waals surface area contributed by atoms with Crippen LogP contribution < -0.4 is 0 Å². The molecule has 2 atom stereocenters. The number of nitro groups is 1. The standard InChI is InChI=1S/C17H16ClNO3/c1-10-7-13(4-6-16(10)19(20)21)17-15-9-14(18)5-3-12(15)8-11(2)22-17/h3-7,9,11,17H,8H2,1-2H3/t11-,17?/m1/s1. The van der Waals surface area contributed by atoms with E-state index in [1.165, 1.54) is 11.6 Å². The average Bonchev–Trinajstić information content (AvgIpc) is 2.46. The Hall–Kier alpha value is -1.91. The molecule has 1 aliphatic heterocycles. The van der Waals surface area contributed by atoms with Crippen molar-refractivity contribution in [3.05, 3.63) is 73.8 Å². The minimum atomic E-state index is -0.367. The first kappa shape index (κ1) is 15.0. The van der Waals surface area contributed by atoms with Gasteiger partial charge in [-0.1, -0.05) is 17.7 Å². The number of rotatable bonds is 2. The van der Waals surface area contributed by atoms with E-state index < -0.39 is 0 Å². The van der Waals surface area contributed by atoms with Crippen molar-refractivity contribution in [2.45, 2.75) is 32.5 Å². The van der Waals surface area contributed by atoms with E-state index >= 15 is 0 Å². The summed E-state index contributed by atoms with van der Waals surface area (Å²) in [5.41, 5.74) is 3.92. The van der Waals surface area contributed by atoms with E-state index in [0.717, 1.165) is 17.5 Å². The van der Waals surface area contributed by atoms with Crippen LogP contribution in [0.4, 0.5) is 5.69 Å². The van der Waals surface area contributed by atoms with Crippen molar-refractivity contribution >= 4 is 17.3 Å². The van der Waals surface area contributed by atoms with Gasteiger partial charge in [-0.15, -0.1) is 0 Å². The molecular formula is C17H16ClNO3. The molecule has 0 aromatic heterocycles. The number of ether oxygens (including phenoxy) is 1. The first-order valence-electron chi connectivity index (χ1n) is 7.14. The molecule has 1 unspecified atom stereocenters. The van der Waals surface area contributed by atoms with Crippen LogP contribution >= 0.6 is 11.6 Å². The lowest BCUT2D eigenvalue weighted by Gasteiger charge is -2.31. The maximum Gasteiger partial charge on any atom is 0.272 e. The topological polar surface area (TPSA) is 52.4 Å². The summed E-state index contributed by atoms with van der Waals surface area (Å²) in [5, 5.41) is 11.6. The Morgan fingerprint density at radius 3 is 2.73 bits per heavy atom. The zero-order valence-corrected chi connectivity index (χ0v) is 13.1. The predicted molar refractivity (Wildman–Crippen MR) is 85.4 cm³/mol. The van der Waals surface area contributed by atoms with Crippen molar-refractivity contribution < 1.29 is 9.66 Å². The van der Waals surface area contributed by atoms with E-state index in [1.807, 2.05) is 31.2 Å². The maximum atomic E-state index is 11.0. The molecule has 0 radical (unpaired) electrons. The number of nitrogens with zero attached hydrogens (tertiary/aromatic N) is 1. The molecule has 0 aliphatic carbocycles. The second-order valence-electron chi connectivity index (χ2n) is 5.68. The van der Waals surface area contributed by atoms with Gasteiger partial charge in [-0.05, 0) is 61.2 Å². The number of fused-ring (bicyclic) bond motifs is 1. The molecular weight excluding hydrogens is 302 g/mol. The second-order valence-corrected chi connectivity index (χ2v) is 6.11. The summed E-state index contributed by atoms with van der Waals surface area (Å²) in [6, 6.07) is 11.0. The first-order chi connectivity index (χ1) is 10.5. The lowest BCUT2D eigenvalue weighted by atomic mass is 9.90. The second kappa shape index (κ2) is 5.71. The minimum Gasteiger partial charge on any atom is -0.365 e. The summed E-state index contributed by atoms with van der Waals surface area (Å²) in [6.45, 7) is 3.77. The Bertz CT molecular complexity index is 745. The van der Waals surface area contributed by atoms with Gasteiger partial charge in [0, 0.05) is 16.7 Å². The van der Waals surface area contributed by atoms with Crippen LogP contribution in [0.5, 0.6) is 0 Å². The normalized spacial score (nSPS) is 20.5. The molecule has 0 spiro atoms. The summed E-state index contributed by atoms with van der Waals surface area (Å²) in [5.74, 6) is 0. The molecule has 0 bridgehead atoms. The molecule has 0 fully saturated rings. The van der Waals surface area contributed by atoms with Gasteiger partial charge in [0.2, 0.25) is 0 Å². The average molecular weight is 318 g/mol. The molecule has 3 rings (SSSR count). The zero-order chi connectivity index (χ0) is 15.9. The van der Waals surface area contributed by atoms with Crippen LogP contribution in [0.2, 0.25) is 5.02 Å². The van der Waals surface area contributed by atoms with E-state index in [1.54, 1.807) is 13.0 Å². The fraction of sp³-hybridized carbons (Fsp3) is 0.294. The summed E-state index contributed by atoms with van der Waals surface area (Å²) in [7, 11) is 0. The highest BCUT2D eigenvalue weighted by Gasteiger charge is 2.27. The third-order valence-corrected chi connectivity index (χ3v) is 4.22. The van der Waals surface area contributed by atoms with Crippen LogP contribution in [0.3, 0.4) is 0 Å². The van der Waals surface area contributed by atoms with Gasteiger partial charge >= 0.3 is 0 Å². The van der Waals surface area contributed by atoms with Crippen molar-refractivity contribution in [1.82, 2.24) is 0 Å². The largest absolute Gasteiger partial charge is 0.365 e. The number of halogens is 1. The van der Waals surface area contributed by atoms with E-state index in [4.69, 9.17) is 16.3 Å². The zero-order valence-electron chi connectivity index (χ0n) is 12.4. The molecule has 0 saturated carbocycles. The summed E-state index contributed by atoms with van der Waals surface area (Å²) < 4.78 is 6.08. The number of benzene rings is 2. The highest BCUT2D eigenvalue weighted by atomic mass is 35.5. The van der Waals surface area contributed by atoms with Gasteiger partial charge < -0.3 is 4.74 Å². The minimum absolute atomic E-state index is 0.0918. The van der Waals surface area contributed by atoms with Crippen molar-refractivity contribution in [2.75, 3.05) is 0 Å². The van der Waals surface area contributed by atoms with Crippen LogP contribution in [-0.2, 0) is 11.2 Å². The molecule has 0 amide bonds. The molecule has 114 valence electrons. The first-order valence-corrected chi connectivity index (χ1v) is 7.52. The maximum absolute atomic E-state index is 11.0. The Morgan fingerprint density at radius 1 is 1.27 bits per heavy atom. The van der Waals surface area contributed by atoms with Crippen molar-refractivity contribution in [3.8, 4) is 0 Å². The number of hydrogen-bond acceptors (Lipinski definition) is 3. The molecule has 1 aliphatic rings. The third-order valence-electron chi connectivity index (χ3n) is 3.99. The van der Waals surface area contributed by atoms with Crippen LogP contribution in [0, 0.1) is 17.0 Å². The Kier molecular flexibility index (Phi) is 3.89. The van der Waals surface area contributed by atoms with Gasteiger partial charge in [-0.3, -0.25) is 10.1 Å². The summed E-state index contributed by atoms with van der Waals surface area (Å²) in [6.07, 6.45) is 0.695. The molecule has 5 heteroatoms.